The third-order valence-corrected chi connectivity index (χ3v) is 3.16. The highest BCUT2D eigenvalue weighted by Crippen LogP contribution is 2.24. The molecule has 0 fully saturated rings. The Hall–Kier alpha value is -1.94. The predicted molar refractivity (Wildman–Crippen MR) is 80.1 cm³/mol. The van der Waals surface area contributed by atoms with Crippen LogP contribution < -0.4 is 10.6 Å². The van der Waals surface area contributed by atoms with E-state index in [1.165, 1.54) is 6.07 Å². The maximum atomic E-state index is 14.0. The summed E-state index contributed by atoms with van der Waals surface area (Å²) in [4.78, 5) is 6.30. The minimum absolute atomic E-state index is 0.0751. The van der Waals surface area contributed by atoms with Crippen LogP contribution >= 0.6 is 0 Å². The Labute approximate surface area is 119 Å². The number of rotatable bonds is 5. The number of hydrogen-bond acceptors (Lipinski definition) is 3. The van der Waals surface area contributed by atoms with E-state index in [1.54, 1.807) is 12.3 Å². The lowest BCUT2D eigenvalue weighted by atomic mass is 10.0. The molecule has 0 bridgehead atoms. The number of hydrogen-bond donors (Lipinski definition) is 1. The van der Waals surface area contributed by atoms with Crippen molar-refractivity contribution in [2.24, 2.45) is 5.73 Å². The van der Waals surface area contributed by atoms with Gasteiger partial charge in [-0.3, -0.25) is 4.98 Å². The van der Waals surface area contributed by atoms with Crippen molar-refractivity contribution < 1.29 is 4.39 Å². The van der Waals surface area contributed by atoms with Gasteiger partial charge in [0, 0.05) is 30.5 Å². The molecule has 4 heteroatoms. The van der Waals surface area contributed by atoms with Crippen LogP contribution in [0.25, 0.3) is 0 Å². The van der Waals surface area contributed by atoms with Crippen LogP contribution in [0.5, 0.6) is 0 Å². The normalized spacial score (nSPS) is 12.2. The number of nitrogens with two attached hydrogens (primary N) is 1. The molecule has 20 heavy (non-hydrogen) atoms. The number of anilines is 1. The van der Waals surface area contributed by atoms with Crippen LogP contribution in [0, 0.1) is 5.82 Å². The Bertz CT molecular complexity index is 555. The monoisotopic (exact) mass is 273 g/mol. The predicted octanol–water partition coefficient (Wildman–Crippen LogP) is 2.75. The average molecular weight is 273 g/mol. The fourth-order valence-electron chi connectivity index (χ4n) is 2.25. The van der Waals surface area contributed by atoms with E-state index in [-0.39, 0.29) is 11.9 Å². The van der Waals surface area contributed by atoms with Gasteiger partial charge >= 0.3 is 0 Å². The van der Waals surface area contributed by atoms with E-state index in [2.05, 4.69) is 4.98 Å². The van der Waals surface area contributed by atoms with Gasteiger partial charge in [0.15, 0.2) is 0 Å². The lowest BCUT2D eigenvalue weighted by Gasteiger charge is -2.23. The largest absolute Gasteiger partial charge is 0.368 e. The van der Waals surface area contributed by atoms with Gasteiger partial charge in [0.05, 0.1) is 12.2 Å². The first-order valence-corrected chi connectivity index (χ1v) is 6.72. The third-order valence-electron chi connectivity index (χ3n) is 3.16. The number of benzene rings is 1. The molecule has 2 aromatic rings. The van der Waals surface area contributed by atoms with E-state index in [9.17, 15) is 4.39 Å². The molecular formula is C16H20FN3. The van der Waals surface area contributed by atoms with Crippen molar-refractivity contribution in [2.75, 3.05) is 11.9 Å². The Balaban J connectivity index is 2.25. The fraction of sp³-hybridized carbons (Fsp3) is 0.312. The standard InChI is InChI=1S/C16H20FN3/c1-12(18)10-14-15(17)7-5-8-16(14)20(2)11-13-6-3-4-9-19-13/h3-9,12H,10-11,18H2,1-2H3. The molecule has 0 aliphatic rings. The summed E-state index contributed by atoms with van der Waals surface area (Å²) in [5.41, 5.74) is 8.30. The van der Waals surface area contributed by atoms with E-state index < -0.39 is 0 Å². The second kappa shape index (κ2) is 6.48. The van der Waals surface area contributed by atoms with Crippen LogP contribution in [0.3, 0.4) is 0 Å². The molecule has 1 unspecified atom stereocenters. The Morgan fingerprint density at radius 1 is 1.25 bits per heavy atom. The van der Waals surface area contributed by atoms with E-state index in [4.69, 9.17) is 5.73 Å². The molecule has 106 valence electrons. The molecule has 1 heterocycles. The molecule has 1 aromatic carbocycles. The zero-order valence-corrected chi connectivity index (χ0v) is 11.9. The van der Waals surface area contributed by atoms with Gasteiger partial charge in [-0.05, 0) is 37.6 Å². The molecule has 0 saturated heterocycles. The van der Waals surface area contributed by atoms with Gasteiger partial charge in [0.2, 0.25) is 0 Å². The summed E-state index contributed by atoms with van der Waals surface area (Å²) in [7, 11) is 1.94. The smallest absolute Gasteiger partial charge is 0.128 e. The highest BCUT2D eigenvalue weighted by molar-refractivity contribution is 5.54. The van der Waals surface area contributed by atoms with Crippen molar-refractivity contribution >= 4 is 5.69 Å². The average Bonchev–Trinajstić information content (AvgIpc) is 2.41. The van der Waals surface area contributed by atoms with Crippen molar-refractivity contribution in [3.8, 4) is 0 Å². The highest BCUT2D eigenvalue weighted by atomic mass is 19.1. The van der Waals surface area contributed by atoms with Gasteiger partial charge in [0.1, 0.15) is 5.82 Å². The Kier molecular flexibility index (Phi) is 4.69. The molecule has 1 aromatic heterocycles. The second-order valence-corrected chi connectivity index (χ2v) is 5.10. The number of halogens is 1. The first-order chi connectivity index (χ1) is 9.58. The fourth-order valence-corrected chi connectivity index (χ4v) is 2.25. The van der Waals surface area contributed by atoms with Crippen molar-refractivity contribution in [1.82, 2.24) is 4.98 Å². The molecule has 0 amide bonds. The zero-order chi connectivity index (χ0) is 14.5. The van der Waals surface area contributed by atoms with E-state index >= 15 is 0 Å². The lowest BCUT2D eigenvalue weighted by molar-refractivity contribution is 0.595. The Morgan fingerprint density at radius 3 is 2.70 bits per heavy atom. The molecule has 0 radical (unpaired) electrons. The topological polar surface area (TPSA) is 42.1 Å². The van der Waals surface area contributed by atoms with E-state index in [0.29, 0.717) is 18.5 Å². The Morgan fingerprint density at radius 2 is 2.05 bits per heavy atom. The van der Waals surface area contributed by atoms with Crippen molar-refractivity contribution in [3.63, 3.8) is 0 Å². The number of aromatic nitrogens is 1. The first-order valence-electron chi connectivity index (χ1n) is 6.72. The van der Waals surface area contributed by atoms with E-state index in [1.807, 2.05) is 43.1 Å². The van der Waals surface area contributed by atoms with Crippen molar-refractivity contribution in [1.29, 1.82) is 0 Å². The van der Waals surface area contributed by atoms with Crippen LogP contribution in [0.15, 0.2) is 42.6 Å². The number of pyridine rings is 1. The van der Waals surface area contributed by atoms with Crippen molar-refractivity contribution in [3.05, 3.63) is 59.7 Å². The van der Waals surface area contributed by atoms with Gasteiger partial charge in [-0.15, -0.1) is 0 Å². The minimum atomic E-state index is -0.201. The highest BCUT2D eigenvalue weighted by Gasteiger charge is 2.14. The van der Waals surface area contributed by atoms with Crippen LogP contribution in [0.4, 0.5) is 10.1 Å². The van der Waals surface area contributed by atoms with Gasteiger partial charge in [-0.25, -0.2) is 4.39 Å². The molecule has 0 spiro atoms. The molecule has 0 aliphatic heterocycles. The quantitative estimate of drug-likeness (QED) is 0.911. The SMILES string of the molecule is CC(N)Cc1c(F)cccc1N(C)Cc1ccccn1. The molecule has 3 nitrogen and oxygen atoms in total. The summed E-state index contributed by atoms with van der Waals surface area (Å²) in [6.07, 6.45) is 2.28. The molecule has 2 N–H and O–H groups in total. The summed E-state index contributed by atoms with van der Waals surface area (Å²) in [6.45, 7) is 2.52. The van der Waals surface area contributed by atoms with Crippen LogP contribution in [0.1, 0.15) is 18.2 Å². The molecule has 2 rings (SSSR count). The van der Waals surface area contributed by atoms with Gasteiger partial charge < -0.3 is 10.6 Å². The van der Waals surface area contributed by atoms with E-state index in [0.717, 1.165) is 11.4 Å². The summed E-state index contributed by atoms with van der Waals surface area (Å²) in [5, 5.41) is 0. The van der Waals surface area contributed by atoms with Crippen LogP contribution in [-0.2, 0) is 13.0 Å². The van der Waals surface area contributed by atoms with Gasteiger partial charge in [-0.2, -0.15) is 0 Å². The van der Waals surface area contributed by atoms with Gasteiger partial charge in [0.25, 0.3) is 0 Å². The third kappa shape index (κ3) is 3.54. The maximum absolute atomic E-state index is 14.0. The zero-order valence-electron chi connectivity index (χ0n) is 11.9. The summed E-state index contributed by atoms with van der Waals surface area (Å²) in [5.74, 6) is -0.201. The molecule has 1 atom stereocenters. The van der Waals surface area contributed by atoms with Crippen molar-refractivity contribution in [2.45, 2.75) is 25.9 Å². The summed E-state index contributed by atoms with van der Waals surface area (Å²) >= 11 is 0. The summed E-state index contributed by atoms with van der Waals surface area (Å²) in [6, 6.07) is 10.8. The minimum Gasteiger partial charge on any atom is -0.368 e. The molecular weight excluding hydrogens is 253 g/mol. The molecule has 0 saturated carbocycles. The second-order valence-electron chi connectivity index (χ2n) is 5.10. The summed E-state index contributed by atoms with van der Waals surface area (Å²) < 4.78 is 14.0. The van der Waals surface area contributed by atoms with Gasteiger partial charge in [-0.1, -0.05) is 12.1 Å². The number of nitrogens with zero attached hydrogens (tertiary/aromatic N) is 2. The van der Waals surface area contributed by atoms with Crippen LogP contribution in [0.2, 0.25) is 0 Å². The van der Waals surface area contributed by atoms with Crippen LogP contribution in [-0.4, -0.2) is 18.1 Å². The first kappa shape index (κ1) is 14.5. The molecule has 0 aliphatic carbocycles. The lowest BCUT2D eigenvalue weighted by Crippen LogP contribution is -2.23. The maximum Gasteiger partial charge on any atom is 0.128 e.